The van der Waals surface area contributed by atoms with E-state index in [9.17, 15) is 14.7 Å². The molecule has 0 spiro atoms. The lowest BCUT2D eigenvalue weighted by molar-refractivity contribution is -0.135. The Morgan fingerprint density at radius 1 is 1.42 bits per heavy atom. The van der Waals surface area contributed by atoms with Crippen molar-refractivity contribution in [2.24, 2.45) is 18.9 Å². The van der Waals surface area contributed by atoms with Crippen molar-refractivity contribution in [1.29, 1.82) is 0 Å². The molecule has 7 nitrogen and oxygen atoms in total. The van der Waals surface area contributed by atoms with Crippen LogP contribution >= 0.6 is 0 Å². The number of anilines is 1. The number of aromatic nitrogens is 2. The van der Waals surface area contributed by atoms with Gasteiger partial charge in [-0.25, -0.2) is 0 Å². The van der Waals surface area contributed by atoms with Gasteiger partial charge in [0.15, 0.2) is 5.82 Å². The number of rotatable bonds is 4. The molecule has 0 aliphatic carbocycles. The molecule has 24 heavy (non-hydrogen) atoms. The van der Waals surface area contributed by atoms with E-state index < -0.39 is 6.10 Å². The quantitative estimate of drug-likeness (QED) is 0.883. The second-order valence-electron chi connectivity index (χ2n) is 7.01. The SMILES string of the molecule is CC(O)C1CCN(C(=O)CC2CCCN(c3ccn(C)n3)C2=O)C1. The molecule has 2 saturated heterocycles. The van der Waals surface area contributed by atoms with Crippen molar-refractivity contribution in [3.05, 3.63) is 12.3 Å². The predicted molar refractivity (Wildman–Crippen MR) is 89.3 cm³/mol. The van der Waals surface area contributed by atoms with Crippen LogP contribution in [0.5, 0.6) is 0 Å². The molecule has 2 aliphatic heterocycles. The molecule has 3 unspecified atom stereocenters. The van der Waals surface area contributed by atoms with E-state index in [0.717, 1.165) is 19.3 Å². The van der Waals surface area contributed by atoms with Crippen molar-refractivity contribution in [3.63, 3.8) is 0 Å². The Balaban J connectivity index is 1.60. The summed E-state index contributed by atoms with van der Waals surface area (Å²) in [5.41, 5.74) is 0. The van der Waals surface area contributed by atoms with Crippen LogP contribution in [-0.2, 0) is 16.6 Å². The van der Waals surface area contributed by atoms with Gasteiger partial charge in [0.1, 0.15) is 0 Å². The van der Waals surface area contributed by atoms with Gasteiger partial charge in [-0.3, -0.25) is 19.2 Å². The Kier molecular flexibility index (Phi) is 4.89. The Morgan fingerprint density at radius 2 is 2.21 bits per heavy atom. The van der Waals surface area contributed by atoms with E-state index >= 15 is 0 Å². The third-order valence-electron chi connectivity index (χ3n) is 5.21. The molecule has 3 heterocycles. The summed E-state index contributed by atoms with van der Waals surface area (Å²) in [6.07, 6.45) is 4.16. The van der Waals surface area contributed by atoms with E-state index in [0.29, 0.717) is 25.5 Å². The van der Waals surface area contributed by atoms with Crippen LogP contribution in [0.15, 0.2) is 12.3 Å². The van der Waals surface area contributed by atoms with Gasteiger partial charge in [0.05, 0.1) is 6.10 Å². The van der Waals surface area contributed by atoms with Gasteiger partial charge in [-0.2, -0.15) is 5.10 Å². The van der Waals surface area contributed by atoms with Crippen LogP contribution in [0, 0.1) is 11.8 Å². The van der Waals surface area contributed by atoms with E-state index in [1.54, 1.807) is 21.4 Å². The van der Waals surface area contributed by atoms with Crippen molar-refractivity contribution < 1.29 is 14.7 Å². The van der Waals surface area contributed by atoms with Gasteiger partial charge in [-0.05, 0) is 26.2 Å². The van der Waals surface area contributed by atoms with Crippen LogP contribution in [0.4, 0.5) is 5.82 Å². The Hall–Kier alpha value is -1.89. The summed E-state index contributed by atoms with van der Waals surface area (Å²) >= 11 is 0. The number of nitrogens with zero attached hydrogens (tertiary/aromatic N) is 4. The first kappa shape index (κ1) is 17.0. The fraction of sp³-hybridized carbons (Fsp3) is 0.706. The zero-order valence-corrected chi connectivity index (χ0v) is 14.4. The van der Waals surface area contributed by atoms with Crippen molar-refractivity contribution in [2.45, 2.75) is 38.7 Å². The second kappa shape index (κ2) is 6.93. The smallest absolute Gasteiger partial charge is 0.231 e. The lowest BCUT2D eigenvalue weighted by Gasteiger charge is -2.31. The average molecular weight is 334 g/mol. The van der Waals surface area contributed by atoms with Crippen LogP contribution in [0.25, 0.3) is 0 Å². The van der Waals surface area contributed by atoms with Crippen molar-refractivity contribution in [3.8, 4) is 0 Å². The van der Waals surface area contributed by atoms with E-state index in [-0.39, 0.29) is 30.1 Å². The molecule has 0 saturated carbocycles. The van der Waals surface area contributed by atoms with Gasteiger partial charge in [0.2, 0.25) is 11.8 Å². The molecule has 2 aliphatic rings. The summed E-state index contributed by atoms with van der Waals surface area (Å²) in [4.78, 5) is 28.7. The van der Waals surface area contributed by atoms with Crippen LogP contribution in [0.3, 0.4) is 0 Å². The molecule has 2 amide bonds. The summed E-state index contributed by atoms with van der Waals surface area (Å²) in [6.45, 7) is 3.71. The van der Waals surface area contributed by atoms with E-state index in [2.05, 4.69) is 5.10 Å². The molecular weight excluding hydrogens is 308 g/mol. The maximum Gasteiger partial charge on any atom is 0.231 e. The number of hydrogen-bond acceptors (Lipinski definition) is 4. The minimum Gasteiger partial charge on any atom is -0.393 e. The Morgan fingerprint density at radius 3 is 2.83 bits per heavy atom. The third kappa shape index (κ3) is 3.45. The summed E-state index contributed by atoms with van der Waals surface area (Å²) < 4.78 is 1.68. The number of aliphatic hydroxyl groups excluding tert-OH is 1. The monoisotopic (exact) mass is 334 g/mol. The lowest BCUT2D eigenvalue weighted by atomic mass is 9.93. The summed E-state index contributed by atoms with van der Waals surface area (Å²) in [5.74, 6) is 0.578. The maximum atomic E-state index is 12.7. The van der Waals surface area contributed by atoms with Crippen molar-refractivity contribution in [2.75, 3.05) is 24.5 Å². The van der Waals surface area contributed by atoms with Crippen LogP contribution in [-0.4, -0.2) is 57.3 Å². The molecule has 0 aromatic carbocycles. The first-order valence-corrected chi connectivity index (χ1v) is 8.72. The minimum atomic E-state index is -0.390. The lowest BCUT2D eigenvalue weighted by Crippen LogP contribution is -2.43. The fourth-order valence-electron chi connectivity index (χ4n) is 3.66. The Bertz CT molecular complexity index is 613. The highest BCUT2D eigenvalue weighted by molar-refractivity contribution is 5.97. The number of hydrogen-bond donors (Lipinski definition) is 1. The van der Waals surface area contributed by atoms with E-state index in [4.69, 9.17) is 0 Å². The summed E-state index contributed by atoms with van der Waals surface area (Å²) in [7, 11) is 1.82. The number of likely N-dealkylation sites (tertiary alicyclic amines) is 1. The minimum absolute atomic E-state index is 0.000395. The van der Waals surface area contributed by atoms with Crippen LogP contribution in [0.1, 0.15) is 32.6 Å². The van der Waals surface area contributed by atoms with Crippen LogP contribution in [0.2, 0.25) is 0 Å². The summed E-state index contributed by atoms with van der Waals surface area (Å²) in [6, 6.07) is 1.83. The molecular formula is C17H26N4O3. The maximum absolute atomic E-state index is 12.7. The highest BCUT2D eigenvalue weighted by Crippen LogP contribution is 2.27. The topological polar surface area (TPSA) is 78.7 Å². The zero-order valence-electron chi connectivity index (χ0n) is 14.4. The number of aliphatic hydroxyl groups is 1. The second-order valence-corrected chi connectivity index (χ2v) is 7.01. The standard InChI is InChI=1S/C17H26N4O3/c1-12(22)14-5-9-20(11-14)16(23)10-13-4-3-7-21(17(13)24)15-6-8-19(2)18-15/h6,8,12-14,22H,3-5,7,9-11H2,1-2H3. The van der Waals surface area contributed by atoms with E-state index in [1.165, 1.54) is 0 Å². The first-order chi connectivity index (χ1) is 11.5. The number of amides is 2. The molecule has 2 fully saturated rings. The van der Waals surface area contributed by atoms with Gasteiger partial charge >= 0.3 is 0 Å². The molecule has 132 valence electrons. The molecule has 0 bridgehead atoms. The molecule has 3 rings (SSSR count). The molecule has 7 heteroatoms. The summed E-state index contributed by atoms with van der Waals surface area (Å²) in [5, 5.41) is 14.0. The molecule has 1 aromatic rings. The predicted octanol–water partition coefficient (Wildman–Crippen LogP) is 0.782. The molecule has 3 atom stereocenters. The van der Waals surface area contributed by atoms with Crippen molar-refractivity contribution >= 4 is 17.6 Å². The fourth-order valence-corrected chi connectivity index (χ4v) is 3.66. The number of carbonyl (C=O) groups is 2. The average Bonchev–Trinajstić information content (AvgIpc) is 3.18. The van der Waals surface area contributed by atoms with E-state index in [1.807, 2.05) is 19.3 Å². The van der Waals surface area contributed by atoms with Gasteiger partial charge in [-0.1, -0.05) is 0 Å². The van der Waals surface area contributed by atoms with Gasteiger partial charge in [0, 0.05) is 57.2 Å². The molecule has 0 radical (unpaired) electrons. The Labute approximate surface area is 142 Å². The first-order valence-electron chi connectivity index (χ1n) is 8.72. The zero-order chi connectivity index (χ0) is 17.3. The van der Waals surface area contributed by atoms with Gasteiger partial charge < -0.3 is 10.0 Å². The van der Waals surface area contributed by atoms with Crippen LogP contribution < -0.4 is 4.90 Å². The van der Waals surface area contributed by atoms with Gasteiger partial charge in [-0.15, -0.1) is 0 Å². The third-order valence-corrected chi connectivity index (χ3v) is 5.21. The number of carbonyl (C=O) groups excluding carboxylic acids is 2. The molecule has 1 N–H and O–H groups in total. The van der Waals surface area contributed by atoms with Crippen molar-refractivity contribution in [1.82, 2.24) is 14.7 Å². The highest BCUT2D eigenvalue weighted by Gasteiger charge is 2.35. The largest absolute Gasteiger partial charge is 0.393 e. The number of piperidine rings is 1. The number of aryl methyl sites for hydroxylation is 1. The highest BCUT2D eigenvalue weighted by atomic mass is 16.3. The van der Waals surface area contributed by atoms with Gasteiger partial charge in [0.25, 0.3) is 0 Å². The normalized spacial score (nSPS) is 26.0. The molecule has 1 aromatic heterocycles.